The van der Waals surface area contributed by atoms with E-state index >= 15 is 0 Å². The molecule has 0 saturated heterocycles. The third-order valence-corrected chi connectivity index (χ3v) is 18.3. The van der Waals surface area contributed by atoms with Crippen molar-refractivity contribution in [2.24, 2.45) is 0 Å². The maximum atomic E-state index is 6.85. The average molecular weight is 967 g/mol. The summed E-state index contributed by atoms with van der Waals surface area (Å²) in [6, 6.07) is 72.9. The van der Waals surface area contributed by atoms with E-state index in [1.807, 2.05) is 0 Å². The van der Waals surface area contributed by atoms with Crippen LogP contribution < -0.4 is 0 Å². The Hall–Kier alpha value is -8.20. The van der Waals surface area contributed by atoms with Gasteiger partial charge in [0, 0.05) is 43.4 Å². The highest BCUT2D eigenvalue weighted by Gasteiger charge is 2.44. The highest BCUT2D eigenvalue weighted by molar-refractivity contribution is 6.19. The molecule has 15 rings (SSSR count). The third kappa shape index (κ3) is 6.26. The lowest BCUT2D eigenvalue weighted by molar-refractivity contribution is 0.645. The number of furan rings is 2. The summed E-state index contributed by atoms with van der Waals surface area (Å²) >= 11 is 0. The molecular weight excluding hydrogens is 909 g/mol. The minimum atomic E-state index is -0.238. The molecule has 0 bridgehead atoms. The molecule has 362 valence electrons. The van der Waals surface area contributed by atoms with E-state index in [1.165, 1.54) is 133 Å². The standard InChI is InChI=1S/C73H58O2/c1-42-19-11-12-22-47(42)55-40-62-66(69-53-26-16-18-28-64(53)75-70(55)69)51-32-30-44(38-59(51)73(62,6)7)36-46(49-24-14-13-23-48(49)45-20-9-8-10-21-45)35-43-29-31-50-54-39-61-56(41-60(54)72(4,5)58(50)37-43)67-57(71(61,2)3)33-34-65-68(67)52-25-15-17-27-63(52)74-65/h8-34,37-41,46H,35-36H2,1-7H3. The van der Waals surface area contributed by atoms with Crippen molar-refractivity contribution in [3.8, 4) is 55.6 Å². The quantitative estimate of drug-likeness (QED) is 0.159. The van der Waals surface area contributed by atoms with Crippen molar-refractivity contribution < 1.29 is 8.83 Å². The minimum Gasteiger partial charge on any atom is -0.456 e. The molecule has 3 aliphatic rings. The lowest BCUT2D eigenvalue weighted by Gasteiger charge is -2.26. The Labute approximate surface area is 439 Å². The monoisotopic (exact) mass is 966 g/mol. The summed E-state index contributed by atoms with van der Waals surface area (Å²) in [5, 5.41) is 4.82. The van der Waals surface area contributed by atoms with Crippen molar-refractivity contribution in [2.45, 2.75) is 83.5 Å². The van der Waals surface area contributed by atoms with E-state index in [2.05, 4.69) is 243 Å². The van der Waals surface area contributed by atoms with E-state index in [0.717, 1.165) is 35.2 Å². The van der Waals surface area contributed by atoms with Gasteiger partial charge in [0.15, 0.2) is 0 Å². The van der Waals surface area contributed by atoms with Gasteiger partial charge in [-0.25, -0.2) is 0 Å². The Morgan fingerprint density at radius 2 is 0.893 bits per heavy atom. The second-order valence-electron chi connectivity index (χ2n) is 23.6. The van der Waals surface area contributed by atoms with Crippen LogP contribution in [0.15, 0.2) is 203 Å². The van der Waals surface area contributed by atoms with E-state index in [0.29, 0.717) is 0 Å². The first-order valence-corrected chi connectivity index (χ1v) is 27.0. The number of rotatable bonds is 7. The summed E-state index contributed by atoms with van der Waals surface area (Å²) < 4.78 is 13.3. The molecule has 2 heteroatoms. The van der Waals surface area contributed by atoms with Crippen LogP contribution >= 0.6 is 0 Å². The van der Waals surface area contributed by atoms with Gasteiger partial charge in [-0.05, 0) is 168 Å². The van der Waals surface area contributed by atoms with Crippen molar-refractivity contribution in [1.82, 2.24) is 0 Å². The first-order chi connectivity index (χ1) is 36.4. The molecule has 1 unspecified atom stereocenters. The van der Waals surface area contributed by atoms with Crippen LogP contribution in [0.1, 0.15) is 103 Å². The number of aryl methyl sites for hydroxylation is 1. The topological polar surface area (TPSA) is 26.3 Å². The van der Waals surface area contributed by atoms with Crippen molar-refractivity contribution in [2.75, 3.05) is 0 Å². The average Bonchev–Trinajstić information content (AvgIpc) is 4.18. The van der Waals surface area contributed by atoms with E-state index in [1.54, 1.807) is 0 Å². The van der Waals surface area contributed by atoms with Crippen molar-refractivity contribution in [3.63, 3.8) is 0 Å². The number of fused-ring (bicyclic) bond motifs is 17. The van der Waals surface area contributed by atoms with Crippen LogP contribution in [0.2, 0.25) is 0 Å². The molecule has 2 nitrogen and oxygen atoms in total. The Bertz CT molecular complexity index is 4400. The summed E-state index contributed by atoms with van der Waals surface area (Å²) in [6.07, 6.45) is 1.81. The number of para-hydroxylation sites is 2. The summed E-state index contributed by atoms with van der Waals surface area (Å²) in [7, 11) is 0. The lowest BCUT2D eigenvalue weighted by atomic mass is 9.78. The van der Waals surface area contributed by atoms with Crippen LogP contribution in [0.25, 0.3) is 99.5 Å². The molecule has 1 atom stereocenters. The van der Waals surface area contributed by atoms with E-state index in [-0.39, 0.29) is 22.2 Å². The fraction of sp³-hybridized carbons (Fsp3) is 0.178. The van der Waals surface area contributed by atoms with Crippen molar-refractivity contribution >= 4 is 43.9 Å². The maximum absolute atomic E-state index is 6.85. The molecule has 12 aromatic rings. The Morgan fingerprint density at radius 1 is 0.360 bits per heavy atom. The Morgan fingerprint density at radius 3 is 1.64 bits per heavy atom. The molecule has 0 spiro atoms. The van der Waals surface area contributed by atoms with Gasteiger partial charge >= 0.3 is 0 Å². The predicted octanol–water partition coefficient (Wildman–Crippen LogP) is 19.6. The highest BCUT2D eigenvalue weighted by Crippen LogP contribution is 2.59. The smallest absolute Gasteiger partial charge is 0.143 e. The Kier molecular flexibility index (Phi) is 9.25. The SMILES string of the molecule is Cc1ccccc1-c1cc2c(c3c1oc1ccccc13)-c1ccc(CC(Cc3ccc4c(c3)C(C)(C)c3cc5c(cc3-4)C(C)(C)c3ccc4oc6ccccc6c4c3-5)c3ccccc3-c3ccccc3)cc1C2(C)C. The molecule has 10 aromatic carbocycles. The summed E-state index contributed by atoms with van der Waals surface area (Å²) in [6.45, 7) is 16.8. The fourth-order valence-corrected chi connectivity index (χ4v) is 14.4. The zero-order valence-corrected chi connectivity index (χ0v) is 43.8. The van der Waals surface area contributed by atoms with Gasteiger partial charge in [0.05, 0.1) is 0 Å². The largest absolute Gasteiger partial charge is 0.456 e. The molecule has 3 aliphatic carbocycles. The summed E-state index contributed by atoms with van der Waals surface area (Å²) in [4.78, 5) is 0. The summed E-state index contributed by atoms with van der Waals surface area (Å²) in [5.74, 6) is 0.210. The van der Waals surface area contributed by atoms with Crippen LogP contribution in [0.3, 0.4) is 0 Å². The van der Waals surface area contributed by atoms with Crippen LogP contribution in [-0.4, -0.2) is 0 Å². The van der Waals surface area contributed by atoms with Gasteiger partial charge in [-0.3, -0.25) is 0 Å². The normalized spacial score (nSPS) is 15.5. The van der Waals surface area contributed by atoms with Gasteiger partial charge in [-0.1, -0.05) is 199 Å². The van der Waals surface area contributed by atoms with Crippen LogP contribution in [0.5, 0.6) is 0 Å². The van der Waals surface area contributed by atoms with Gasteiger partial charge in [0.2, 0.25) is 0 Å². The van der Waals surface area contributed by atoms with Crippen LogP contribution in [-0.2, 0) is 29.1 Å². The van der Waals surface area contributed by atoms with Gasteiger partial charge in [-0.15, -0.1) is 0 Å². The molecule has 0 N–H and O–H groups in total. The third-order valence-electron chi connectivity index (χ3n) is 18.3. The first-order valence-electron chi connectivity index (χ1n) is 27.0. The second kappa shape index (κ2) is 15.7. The predicted molar refractivity (Wildman–Crippen MR) is 312 cm³/mol. The molecule has 0 amide bonds. The highest BCUT2D eigenvalue weighted by atomic mass is 16.3. The molecule has 2 heterocycles. The first kappa shape index (κ1) is 44.3. The van der Waals surface area contributed by atoms with E-state index < -0.39 is 0 Å². The maximum Gasteiger partial charge on any atom is 0.143 e. The summed E-state index contributed by atoms with van der Waals surface area (Å²) in [5.41, 5.74) is 29.9. The molecule has 0 aliphatic heterocycles. The van der Waals surface area contributed by atoms with Gasteiger partial charge < -0.3 is 8.83 Å². The van der Waals surface area contributed by atoms with Crippen molar-refractivity contribution in [1.29, 1.82) is 0 Å². The van der Waals surface area contributed by atoms with Crippen LogP contribution in [0.4, 0.5) is 0 Å². The lowest BCUT2D eigenvalue weighted by Crippen LogP contribution is -2.17. The molecule has 75 heavy (non-hydrogen) atoms. The van der Waals surface area contributed by atoms with Gasteiger partial charge in [-0.2, -0.15) is 0 Å². The molecular formula is C73H58O2. The fourth-order valence-electron chi connectivity index (χ4n) is 14.4. The van der Waals surface area contributed by atoms with Crippen molar-refractivity contribution in [3.05, 3.63) is 250 Å². The minimum absolute atomic E-state index is 0.155. The van der Waals surface area contributed by atoms with Gasteiger partial charge in [0.1, 0.15) is 22.3 Å². The zero-order valence-electron chi connectivity index (χ0n) is 43.8. The van der Waals surface area contributed by atoms with E-state index in [4.69, 9.17) is 8.83 Å². The molecule has 0 radical (unpaired) electrons. The van der Waals surface area contributed by atoms with E-state index in [9.17, 15) is 0 Å². The number of hydrogen-bond acceptors (Lipinski definition) is 2. The second-order valence-corrected chi connectivity index (χ2v) is 23.6. The molecule has 0 saturated carbocycles. The number of benzene rings is 10. The molecule has 0 fully saturated rings. The Balaban J connectivity index is 0.839. The number of hydrogen-bond donors (Lipinski definition) is 0. The van der Waals surface area contributed by atoms with Gasteiger partial charge in [0.25, 0.3) is 0 Å². The molecule has 2 aromatic heterocycles. The zero-order chi connectivity index (χ0) is 50.7. The van der Waals surface area contributed by atoms with Crippen LogP contribution in [0, 0.1) is 6.92 Å².